The summed E-state index contributed by atoms with van der Waals surface area (Å²) in [7, 11) is 0. The van der Waals surface area contributed by atoms with Crippen LogP contribution in [0.15, 0.2) is 27.8 Å². The van der Waals surface area contributed by atoms with E-state index in [0.717, 1.165) is 28.7 Å². The lowest BCUT2D eigenvalue weighted by Crippen LogP contribution is -2.03. The van der Waals surface area contributed by atoms with Gasteiger partial charge in [0.15, 0.2) is 11.0 Å². The molecule has 21 heavy (non-hydrogen) atoms. The molecule has 0 bridgehead atoms. The third kappa shape index (κ3) is 3.13. The molecule has 2 aromatic rings. The van der Waals surface area contributed by atoms with Crippen molar-refractivity contribution in [2.24, 2.45) is 0 Å². The Morgan fingerprint density at radius 2 is 2.24 bits per heavy atom. The zero-order valence-electron chi connectivity index (χ0n) is 11.4. The predicted octanol–water partition coefficient (Wildman–Crippen LogP) is 3.53. The van der Waals surface area contributed by atoms with E-state index in [0.29, 0.717) is 11.2 Å². The molecule has 0 unspecified atom stereocenters. The Hall–Kier alpha value is -1.34. The maximum Gasteiger partial charge on any atom is 0.313 e. The SMILES string of the molecule is Cc1ccc(-c2nnc(SCC(=O)O)n2C2CC2)c(Br)c1. The summed E-state index contributed by atoms with van der Waals surface area (Å²) in [5.41, 5.74) is 2.16. The van der Waals surface area contributed by atoms with Gasteiger partial charge in [0, 0.05) is 16.1 Å². The zero-order valence-corrected chi connectivity index (χ0v) is 13.8. The molecule has 1 aromatic heterocycles. The molecule has 0 aliphatic heterocycles. The molecule has 110 valence electrons. The standard InChI is InChI=1S/C14H14BrN3O2S/c1-8-2-5-10(11(15)6-8)13-16-17-14(21-7-12(19)20)18(13)9-3-4-9/h2,5-6,9H,3-4,7H2,1H3,(H,19,20). The van der Waals surface area contributed by atoms with Gasteiger partial charge in [-0.3, -0.25) is 9.36 Å². The minimum Gasteiger partial charge on any atom is -0.481 e. The first kappa shape index (κ1) is 14.6. The Bertz CT molecular complexity index is 698. The second kappa shape index (κ2) is 5.81. The summed E-state index contributed by atoms with van der Waals surface area (Å²) < 4.78 is 3.05. The van der Waals surface area contributed by atoms with E-state index in [9.17, 15) is 4.79 Å². The minimum absolute atomic E-state index is 0.0000786. The van der Waals surface area contributed by atoms with E-state index >= 15 is 0 Å². The van der Waals surface area contributed by atoms with Gasteiger partial charge in [-0.15, -0.1) is 10.2 Å². The Morgan fingerprint density at radius 1 is 1.48 bits per heavy atom. The molecule has 0 spiro atoms. The van der Waals surface area contributed by atoms with Crippen LogP contribution in [-0.2, 0) is 4.79 Å². The summed E-state index contributed by atoms with van der Waals surface area (Å²) in [6.07, 6.45) is 2.18. The Kier molecular flexibility index (Phi) is 4.03. The molecule has 0 amide bonds. The fourth-order valence-corrected chi connectivity index (χ4v) is 3.55. The number of halogens is 1. The average molecular weight is 368 g/mol. The summed E-state index contributed by atoms with van der Waals surface area (Å²) in [6, 6.07) is 6.49. The van der Waals surface area contributed by atoms with Crippen molar-refractivity contribution in [1.82, 2.24) is 14.8 Å². The highest BCUT2D eigenvalue weighted by molar-refractivity contribution is 9.10. The largest absolute Gasteiger partial charge is 0.481 e. The predicted molar refractivity (Wildman–Crippen MR) is 84.5 cm³/mol. The Labute approximate surface area is 134 Å². The highest BCUT2D eigenvalue weighted by Gasteiger charge is 2.30. The van der Waals surface area contributed by atoms with Crippen LogP contribution in [0.5, 0.6) is 0 Å². The number of hydrogen-bond acceptors (Lipinski definition) is 4. The highest BCUT2D eigenvalue weighted by atomic mass is 79.9. The number of thioether (sulfide) groups is 1. The maximum atomic E-state index is 10.8. The first-order chi connectivity index (χ1) is 10.1. The minimum atomic E-state index is -0.844. The van der Waals surface area contributed by atoms with Crippen molar-refractivity contribution in [3.8, 4) is 11.4 Å². The maximum absolute atomic E-state index is 10.8. The van der Waals surface area contributed by atoms with Crippen molar-refractivity contribution in [1.29, 1.82) is 0 Å². The molecule has 1 aromatic carbocycles. The normalized spacial score (nSPS) is 14.4. The Morgan fingerprint density at radius 3 is 2.86 bits per heavy atom. The first-order valence-corrected chi connectivity index (χ1v) is 8.40. The number of carbonyl (C=O) groups is 1. The lowest BCUT2D eigenvalue weighted by molar-refractivity contribution is -0.133. The summed E-state index contributed by atoms with van der Waals surface area (Å²) in [4.78, 5) is 10.8. The van der Waals surface area contributed by atoms with Gasteiger partial charge >= 0.3 is 5.97 Å². The van der Waals surface area contributed by atoms with Crippen molar-refractivity contribution < 1.29 is 9.90 Å². The number of hydrogen-bond donors (Lipinski definition) is 1. The van der Waals surface area contributed by atoms with Crippen LogP contribution in [0.2, 0.25) is 0 Å². The van der Waals surface area contributed by atoms with Crippen molar-refractivity contribution in [2.45, 2.75) is 31.0 Å². The van der Waals surface area contributed by atoms with Gasteiger partial charge in [-0.2, -0.15) is 0 Å². The van der Waals surface area contributed by atoms with Crippen LogP contribution in [-0.4, -0.2) is 31.6 Å². The summed E-state index contributed by atoms with van der Waals surface area (Å²) in [5.74, 6) is -0.0411. The number of nitrogens with zero attached hydrogens (tertiary/aromatic N) is 3. The van der Waals surface area contributed by atoms with Gasteiger partial charge in [-0.1, -0.05) is 33.8 Å². The molecule has 5 nitrogen and oxygen atoms in total. The molecule has 7 heteroatoms. The molecule has 1 saturated carbocycles. The Balaban J connectivity index is 2.00. The van der Waals surface area contributed by atoms with E-state index in [-0.39, 0.29) is 5.75 Å². The summed E-state index contributed by atoms with van der Waals surface area (Å²) >= 11 is 4.80. The van der Waals surface area contributed by atoms with E-state index in [2.05, 4.69) is 30.7 Å². The molecule has 1 heterocycles. The number of aryl methyl sites for hydroxylation is 1. The topological polar surface area (TPSA) is 68.0 Å². The number of carboxylic acid groups (broad SMARTS) is 1. The number of rotatable bonds is 5. The monoisotopic (exact) mass is 367 g/mol. The van der Waals surface area contributed by atoms with Crippen LogP contribution in [0.25, 0.3) is 11.4 Å². The van der Waals surface area contributed by atoms with Crippen LogP contribution in [0.1, 0.15) is 24.4 Å². The smallest absolute Gasteiger partial charge is 0.313 e. The van der Waals surface area contributed by atoms with Gasteiger partial charge in [-0.25, -0.2) is 0 Å². The fraction of sp³-hybridized carbons (Fsp3) is 0.357. The van der Waals surface area contributed by atoms with Gasteiger partial charge < -0.3 is 5.11 Å². The van der Waals surface area contributed by atoms with Crippen LogP contribution in [0, 0.1) is 6.92 Å². The van der Waals surface area contributed by atoms with E-state index in [4.69, 9.17) is 5.11 Å². The van der Waals surface area contributed by atoms with Crippen LogP contribution >= 0.6 is 27.7 Å². The van der Waals surface area contributed by atoms with Gasteiger partial charge in [-0.05, 0) is 37.5 Å². The number of aromatic nitrogens is 3. The lowest BCUT2D eigenvalue weighted by atomic mass is 10.1. The molecule has 3 rings (SSSR count). The van der Waals surface area contributed by atoms with Gasteiger partial charge in [0.05, 0.1) is 5.75 Å². The van der Waals surface area contributed by atoms with Crippen LogP contribution in [0.3, 0.4) is 0 Å². The summed E-state index contributed by atoms with van der Waals surface area (Å²) in [5, 5.41) is 18.0. The highest BCUT2D eigenvalue weighted by Crippen LogP contribution is 2.42. The summed E-state index contributed by atoms with van der Waals surface area (Å²) in [6.45, 7) is 2.04. The van der Waals surface area contributed by atoms with Gasteiger partial charge in [0.1, 0.15) is 0 Å². The van der Waals surface area contributed by atoms with Crippen molar-refractivity contribution >= 4 is 33.7 Å². The number of carboxylic acids is 1. The molecular formula is C14H14BrN3O2S. The molecular weight excluding hydrogens is 354 g/mol. The third-order valence-electron chi connectivity index (χ3n) is 3.27. The number of aliphatic carboxylic acids is 1. The second-order valence-electron chi connectivity index (χ2n) is 5.07. The van der Waals surface area contributed by atoms with Gasteiger partial charge in [0.25, 0.3) is 0 Å². The molecule has 0 radical (unpaired) electrons. The first-order valence-electron chi connectivity index (χ1n) is 6.62. The van der Waals surface area contributed by atoms with E-state index in [1.165, 1.54) is 17.3 Å². The lowest BCUT2D eigenvalue weighted by Gasteiger charge is -2.10. The zero-order chi connectivity index (χ0) is 15.0. The van der Waals surface area contributed by atoms with Crippen molar-refractivity contribution in [3.63, 3.8) is 0 Å². The van der Waals surface area contributed by atoms with Crippen LogP contribution < -0.4 is 0 Å². The number of benzene rings is 1. The molecule has 1 aliphatic rings. The van der Waals surface area contributed by atoms with Crippen molar-refractivity contribution in [3.05, 3.63) is 28.2 Å². The van der Waals surface area contributed by atoms with Crippen molar-refractivity contribution in [2.75, 3.05) is 5.75 Å². The molecule has 1 fully saturated rings. The van der Waals surface area contributed by atoms with E-state index in [1.54, 1.807) is 0 Å². The average Bonchev–Trinajstić information content (AvgIpc) is 3.17. The van der Waals surface area contributed by atoms with Crippen LogP contribution in [0.4, 0.5) is 0 Å². The van der Waals surface area contributed by atoms with E-state index in [1.807, 2.05) is 25.1 Å². The fourth-order valence-electron chi connectivity index (χ4n) is 2.15. The molecule has 1 aliphatic carbocycles. The van der Waals surface area contributed by atoms with E-state index < -0.39 is 5.97 Å². The molecule has 1 N–H and O–H groups in total. The quantitative estimate of drug-likeness (QED) is 0.818. The van der Waals surface area contributed by atoms with Gasteiger partial charge in [0.2, 0.25) is 0 Å². The molecule has 0 atom stereocenters. The second-order valence-corrected chi connectivity index (χ2v) is 6.87. The molecule has 0 saturated heterocycles. The third-order valence-corrected chi connectivity index (χ3v) is 4.85.